The number of para-hydroxylation sites is 1. The molecule has 0 N–H and O–H groups in total. The van der Waals surface area contributed by atoms with E-state index in [-0.39, 0.29) is 17.2 Å². The SMILES string of the molecule is CN(C)C(=O)/C(C#N)=C\c1cn(Cc2ccc([N+](=O)[O-])cc2)c2ccccc12. The molecule has 0 radical (unpaired) electrons. The summed E-state index contributed by atoms with van der Waals surface area (Å²) >= 11 is 0. The summed E-state index contributed by atoms with van der Waals surface area (Å²) in [6, 6.07) is 16.1. The van der Waals surface area contributed by atoms with Gasteiger partial charge in [0, 0.05) is 55.4 Å². The summed E-state index contributed by atoms with van der Waals surface area (Å²) in [7, 11) is 3.21. The van der Waals surface area contributed by atoms with Crippen molar-refractivity contribution in [2.45, 2.75) is 6.54 Å². The lowest BCUT2D eigenvalue weighted by atomic mass is 10.1. The van der Waals surface area contributed by atoms with Gasteiger partial charge in [-0.1, -0.05) is 30.3 Å². The summed E-state index contributed by atoms with van der Waals surface area (Å²) in [4.78, 5) is 23.9. The van der Waals surface area contributed by atoms with E-state index in [0.29, 0.717) is 6.54 Å². The number of rotatable bonds is 5. The van der Waals surface area contributed by atoms with E-state index in [1.807, 2.05) is 41.1 Å². The third-order valence-electron chi connectivity index (χ3n) is 4.38. The van der Waals surface area contributed by atoms with E-state index in [0.717, 1.165) is 22.0 Å². The standard InChI is InChI=1S/C21H18N4O3/c1-23(2)21(26)16(12-22)11-17-14-24(20-6-4-3-5-19(17)20)13-15-7-9-18(10-8-15)25(27)28/h3-11,14H,13H2,1-2H3/b16-11-. The van der Waals surface area contributed by atoms with Crippen molar-refractivity contribution >= 4 is 28.6 Å². The highest BCUT2D eigenvalue weighted by molar-refractivity contribution is 6.03. The molecule has 1 aromatic heterocycles. The number of aromatic nitrogens is 1. The Morgan fingerprint density at radius 2 is 1.89 bits per heavy atom. The summed E-state index contributed by atoms with van der Waals surface area (Å²) in [5.41, 5.74) is 2.73. The summed E-state index contributed by atoms with van der Waals surface area (Å²) in [6.07, 6.45) is 3.48. The highest BCUT2D eigenvalue weighted by Gasteiger charge is 2.14. The van der Waals surface area contributed by atoms with E-state index >= 15 is 0 Å². The lowest BCUT2D eigenvalue weighted by Gasteiger charge is -2.08. The number of likely N-dealkylation sites (N-methyl/N-ethyl adjacent to an activating group) is 1. The lowest BCUT2D eigenvalue weighted by Crippen LogP contribution is -2.22. The smallest absolute Gasteiger partial charge is 0.269 e. The van der Waals surface area contributed by atoms with Gasteiger partial charge in [0.15, 0.2) is 0 Å². The van der Waals surface area contributed by atoms with Crippen LogP contribution in [0, 0.1) is 21.4 Å². The normalized spacial score (nSPS) is 11.2. The molecule has 0 saturated heterocycles. The Bertz CT molecular complexity index is 1120. The highest BCUT2D eigenvalue weighted by atomic mass is 16.6. The molecule has 28 heavy (non-hydrogen) atoms. The number of benzene rings is 2. The van der Waals surface area contributed by atoms with Crippen LogP contribution in [0.2, 0.25) is 0 Å². The molecule has 1 amide bonds. The third-order valence-corrected chi connectivity index (χ3v) is 4.38. The topological polar surface area (TPSA) is 92.2 Å². The van der Waals surface area contributed by atoms with Crippen LogP contribution in [0.5, 0.6) is 0 Å². The first kappa shape index (κ1) is 18.9. The van der Waals surface area contributed by atoms with Crippen LogP contribution in [-0.4, -0.2) is 34.4 Å². The van der Waals surface area contributed by atoms with Crippen LogP contribution in [-0.2, 0) is 11.3 Å². The molecule has 3 rings (SSSR count). The number of hydrogen-bond donors (Lipinski definition) is 0. The van der Waals surface area contributed by atoms with Gasteiger partial charge >= 0.3 is 0 Å². The molecule has 0 fully saturated rings. The van der Waals surface area contributed by atoms with Gasteiger partial charge in [-0.05, 0) is 17.7 Å². The van der Waals surface area contributed by atoms with Gasteiger partial charge in [0.25, 0.3) is 11.6 Å². The average molecular weight is 374 g/mol. The van der Waals surface area contributed by atoms with Crippen molar-refractivity contribution < 1.29 is 9.72 Å². The van der Waals surface area contributed by atoms with Gasteiger partial charge in [0.2, 0.25) is 0 Å². The zero-order valence-corrected chi connectivity index (χ0v) is 15.5. The van der Waals surface area contributed by atoms with Crippen molar-refractivity contribution in [1.82, 2.24) is 9.47 Å². The first-order chi connectivity index (χ1) is 13.4. The molecule has 0 aliphatic rings. The molecule has 0 bridgehead atoms. The second kappa shape index (κ2) is 7.76. The van der Waals surface area contributed by atoms with Gasteiger partial charge in [-0.15, -0.1) is 0 Å². The van der Waals surface area contributed by atoms with Gasteiger partial charge < -0.3 is 9.47 Å². The molecule has 0 spiro atoms. The molecule has 0 atom stereocenters. The zero-order valence-electron chi connectivity index (χ0n) is 15.5. The first-order valence-corrected chi connectivity index (χ1v) is 8.55. The maximum absolute atomic E-state index is 12.2. The molecule has 1 heterocycles. The maximum Gasteiger partial charge on any atom is 0.269 e. The van der Waals surface area contributed by atoms with Gasteiger partial charge in [0.1, 0.15) is 11.6 Å². The van der Waals surface area contributed by atoms with Crippen LogP contribution >= 0.6 is 0 Å². The minimum Gasteiger partial charge on any atom is -0.344 e. The van der Waals surface area contributed by atoms with E-state index in [1.165, 1.54) is 17.0 Å². The number of carbonyl (C=O) groups is 1. The van der Waals surface area contributed by atoms with Crippen molar-refractivity contribution in [3.63, 3.8) is 0 Å². The summed E-state index contributed by atoms with van der Waals surface area (Å²) < 4.78 is 2.00. The van der Waals surface area contributed by atoms with E-state index < -0.39 is 4.92 Å². The number of nitriles is 1. The summed E-state index contributed by atoms with van der Waals surface area (Å²) in [5.74, 6) is -0.352. The van der Waals surface area contributed by atoms with Gasteiger partial charge in [-0.25, -0.2) is 0 Å². The second-order valence-electron chi connectivity index (χ2n) is 6.52. The fourth-order valence-corrected chi connectivity index (χ4v) is 2.98. The number of carbonyl (C=O) groups excluding carboxylic acids is 1. The maximum atomic E-state index is 12.2. The molecular weight excluding hydrogens is 356 g/mol. The van der Waals surface area contributed by atoms with E-state index in [4.69, 9.17) is 0 Å². The minimum atomic E-state index is -0.428. The van der Waals surface area contributed by atoms with Crippen molar-refractivity contribution in [1.29, 1.82) is 5.26 Å². The van der Waals surface area contributed by atoms with Gasteiger partial charge in [-0.3, -0.25) is 14.9 Å². The Hall–Kier alpha value is -3.92. The Labute approximate surface area is 161 Å². The molecule has 7 nitrogen and oxygen atoms in total. The fraction of sp³-hybridized carbons (Fsp3) is 0.143. The number of amides is 1. The predicted molar refractivity (Wildman–Crippen MR) is 106 cm³/mol. The monoisotopic (exact) mass is 374 g/mol. The predicted octanol–water partition coefficient (Wildman–Crippen LogP) is 3.59. The Balaban J connectivity index is 2.02. The van der Waals surface area contributed by atoms with Crippen molar-refractivity contribution in [2.75, 3.05) is 14.1 Å². The zero-order chi connectivity index (χ0) is 20.3. The summed E-state index contributed by atoms with van der Waals surface area (Å²) in [6.45, 7) is 0.510. The van der Waals surface area contributed by atoms with Crippen molar-refractivity contribution in [3.8, 4) is 6.07 Å². The van der Waals surface area contributed by atoms with Crippen LogP contribution in [0.1, 0.15) is 11.1 Å². The van der Waals surface area contributed by atoms with Crippen molar-refractivity contribution in [2.24, 2.45) is 0 Å². The quantitative estimate of drug-likeness (QED) is 0.295. The van der Waals surface area contributed by atoms with Crippen LogP contribution in [0.4, 0.5) is 5.69 Å². The first-order valence-electron chi connectivity index (χ1n) is 8.55. The average Bonchev–Trinajstić information content (AvgIpc) is 3.03. The van der Waals surface area contributed by atoms with E-state index in [9.17, 15) is 20.2 Å². The Kier molecular flexibility index (Phi) is 5.23. The molecular formula is C21H18N4O3. The number of nitrogens with zero attached hydrogens (tertiary/aromatic N) is 4. The molecule has 2 aromatic carbocycles. The molecule has 0 unspecified atom stereocenters. The molecule has 0 aliphatic heterocycles. The third kappa shape index (κ3) is 3.76. The van der Waals surface area contributed by atoms with Crippen LogP contribution in [0.15, 0.2) is 60.3 Å². The van der Waals surface area contributed by atoms with Gasteiger partial charge in [-0.2, -0.15) is 5.26 Å². The largest absolute Gasteiger partial charge is 0.344 e. The lowest BCUT2D eigenvalue weighted by molar-refractivity contribution is -0.384. The fourth-order valence-electron chi connectivity index (χ4n) is 2.98. The number of hydrogen-bond acceptors (Lipinski definition) is 4. The highest BCUT2D eigenvalue weighted by Crippen LogP contribution is 2.25. The minimum absolute atomic E-state index is 0.0468. The molecule has 3 aromatic rings. The van der Waals surface area contributed by atoms with Crippen LogP contribution < -0.4 is 0 Å². The van der Waals surface area contributed by atoms with Crippen LogP contribution in [0.3, 0.4) is 0 Å². The van der Waals surface area contributed by atoms with Gasteiger partial charge in [0.05, 0.1) is 4.92 Å². The molecule has 0 saturated carbocycles. The number of nitro benzene ring substituents is 1. The number of fused-ring (bicyclic) bond motifs is 1. The van der Waals surface area contributed by atoms with Crippen molar-refractivity contribution in [3.05, 3.63) is 81.5 Å². The molecule has 7 heteroatoms. The van der Waals surface area contributed by atoms with E-state index in [1.54, 1.807) is 32.3 Å². The summed E-state index contributed by atoms with van der Waals surface area (Å²) in [5, 5.41) is 21.1. The van der Waals surface area contributed by atoms with Crippen LogP contribution in [0.25, 0.3) is 17.0 Å². The Morgan fingerprint density at radius 3 is 2.50 bits per heavy atom. The van der Waals surface area contributed by atoms with E-state index in [2.05, 4.69) is 0 Å². The Morgan fingerprint density at radius 1 is 1.21 bits per heavy atom. The number of nitro groups is 1. The second-order valence-corrected chi connectivity index (χ2v) is 6.52. The molecule has 140 valence electrons. The number of non-ortho nitro benzene ring substituents is 1. The molecule has 0 aliphatic carbocycles.